The van der Waals surface area contributed by atoms with Crippen LogP contribution in [0.1, 0.15) is 32.6 Å². The molecular formula is C12H18N2O2S3. The van der Waals surface area contributed by atoms with Gasteiger partial charge in [0.1, 0.15) is 9.20 Å². The standard InChI is InChI=1S/C12H18N2O2S3/c1-11(2)10(12(11,3)4)14-19(15,16)8-6-5-7(18-8)9(13)17/h5-6,10,14H,1-4H3,(H2,13,17). The van der Waals surface area contributed by atoms with Crippen LogP contribution in [0.5, 0.6) is 0 Å². The van der Waals surface area contributed by atoms with Crippen LogP contribution in [0.2, 0.25) is 0 Å². The molecule has 1 aromatic rings. The average Bonchev–Trinajstić information content (AvgIpc) is 2.71. The van der Waals surface area contributed by atoms with E-state index in [2.05, 4.69) is 32.4 Å². The van der Waals surface area contributed by atoms with Crippen LogP contribution in [-0.2, 0) is 10.0 Å². The Balaban J connectivity index is 2.23. The SMILES string of the molecule is CC1(C)C(NS(=O)(=O)c2ccc(C(N)=S)s2)C1(C)C. The molecule has 19 heavy (non-hydrogen) atoms. The molecule has 0 spiro atoms. The molecule has 7 heteroatoms. The number of rotatable bonds is 4. The summed E-state index contributed by atoms with van der Waals surface area (Å²) in [6.45, 7) is 8.26. The molecule has 3 N–H and O–H groups in total. The second-order valence-electron chi connectivity index (χ2n) is 5.98. The van der Waals surface area contributed by atoms with Crippen LogP contribution in [0, 0.1) is 10.8 Å². The molecule has 1 saturated carbocycles. The van der Waals surface area contributed by atoms with Crippen LogP contribution in [-0.4, -0.2) is 19.4 Å². The number of hydrogen-bond donors (Lipinski definition) is 2. The second kappa shape index (κ2) is 4.25. The zero-order valence-electron chi connectivity index (χ0n) is 11.4. The van der Waals surface area contributed by atoms with Crippen molar-refractivity contribution in [2.24, 2.45) is 16.6 Å². The normalized spacial score (nSPS) is 21.3. The number of hydrogen-bond acceptors (Lipinski definition) is 4. The topological polar surface area (TPSA) is 72.2 Å². The van der Waals surface area contributed by atoms with Gasteiger partial charge in [0.15, 0.2) is 0 Å². The first kappa shape index (κ1) is 14.9. The first-order valence-corrected chi connectivity index (χ1v) is 8.63. The maximum Gasteiger partial charge on any atom is 0.250 e. The van der Waals surface area contributed by atoms with E-state index in [1.165, 1.54) is 0 Å². The summed E-state index contributed by atoms with van der Waals surface area (Å²) in [6, 6.07) is 3.13. The summed E-state index contributed by atoms with van der Waals surface area (Å²) < 4.78 is 27.7. The fourth-order valence-electron chi connectivity index (χ4n) is 2.30. The summed E-state index contributed by atoms with van der Waals surface area (Å²) in [7, 11) is -3.50. The monoisotopic (exact) mass is 318 g/mol. The van der Waals surface area contributed by atoms with Crippen molar-refractivity contribution in [3.8, 4) is 0 Å². The molecule has 0 bridgehead atoms. The van der Waals surface area contributed by atoms with Crippen molar-refractivity contribution in [2.75, 3.05) is 0 Å². The van der Waals surface area contributed by atoms with Gasteiger partial charge in [-0.3, -0.25) is 0 Å². The number of thiocarbonyl (C=S) groups is 1. The Labute approximate surface area is 123 Å². The third kappa shape index (κ3) is 2.33. The molecule has 106 valence electrons. The zero-order valence-corrected chi connectivity index (χ0v) is 13.8. The first-order valence-electron chi connectivity index (χ1n) is 5.92. The van der Waals surface area contributed by atoms with Crippen molar-refractivity contribution < 1.29 is 8.42 Å². The highest BCUT2D eigenvalue weighted by Gasteiger charge is 2.66. The van der Waals surface area contributed by atoms with Crippen molar-refractivity contribution in [1.82, 2.24) is 4.72 Å². The maximum atomic E-state index is 12.3. The fraction of sp³-hybridized carbons (Fsp3) is 0.583. The molecule has 0 radical (unpaired) electrons. The van der Waals surface area contributed by atoms with Crippen LogP contribution < -0.4 is 10.5 Å². The Morgan fingerprint density at radius 2 is 1.84 bits per heavy atom. The van der Waals surface area contributed by atoms with Gasteiger partial charge in [0.05, 0.1) is 4.88 Å². The fourth-order valence-corrected chi connectivity index (χ4v) is 5.20. The highest BCUT2D eigenvalue weighted by molar-refractivity contribution is 7.91. The summed E-state index contributed by atoms with van der Waals surface area (Å²) in [4.78, 5) is 0.836. The summed E-state index contributed by atoms with van der Waals surface area (Å²) in [5.74, 6) is 0. The van der Waals surface area contributed by atoms with Crippen LogP contribution in [0.4, 0.5) is 0 Å². The lowest BCUT2D eigenvalue weighted by atomic mass is 10.0. The van der Waals surface area contributed by atoms with E-state index in [0.29, 0.717) is 4.88 Å². The van der Waals surface area contributed by atoms with Gasteiger partial charge in [-0.05, 0) is 23.0 Å². The Bertz CT molecular complexity index is 615. The van der Waals surface area contributed by atoms with Gasteiger partial charge in [-0.25, -0.2) is 13.1 Å². The van der Waals surface area contributed by atoms with E-state index >= 15 is 0 Å². The highest BCUT2D eigenvalue weighted by atomic mass is 32.2. The summed E-state index contributed by atoms with van der Waals surface area (Å²) >= 11 is 5.95. The van der Waals surface area contributed by atoms with Crippen molar-refractivity contribution in [3.63, 3.8) is 0 Å². The molecule has 1 aromatic heterocycles. The molecular weight excluding hydrogens is 300 g/mol. The predicted molar refractivity (Wildman–Crippen MR) is 81.9 cm³/mol. The third-order valence-corrected chi connectivity index (χ3v) is 7.77. The molecule has 1 aliphatic rings. The van der Waals surface area contributed by atoms with Crippen molar-refractivity contribution in [3.05, 3.63) is 17.0 Å². The van der Waals surface area contributed by atoms with Crippen molar-refractivity contribution in [2.45, 2.75) is 37.9 Å². The molecule has 1 heterocycles. The lowest BCUT2D eigenvalue weighted by Crippen LogP contribution is -2.29. The quantitative estimate of drug-likeness (QED) is 0.834. The van der Waals surface area contributed by atoms with E-state index in [9.17, 15) is 8.42 Å². The number of nitrogens with two attached hydrogens (primary N) is 1. The Hall–Kier alpha value is -0.500. The van der Waals surface area contributed by atoms with E-state index in [4.69, 9.17) is 18.0 Å². The Kier molecular flexibility index (Phi) is 3.33. The molecule has 1 aliphatic carbocycles. The predicted octanol–water partition coefficient (Wildman–Crippen LogP) is 2.10. The van der Waals surface area contributed by atoms with Crippen molar-refractivity contribution >= 4 is 38.6 Å². The van der Waals surface area contributed by atoms with Crippen LogP contribution in [0.3, 0.4) is 0 Å². The van der Waals surface area contributed by atoms with E-state index < -0.39 is 10.0 Å². The summed E-state index contributed by atoms with van der Waals surface area (Å²) in [5.41, 5.74) is 5.42. The van der Waals surface area contributed by atoms with Crippen LogP contribution in [0.25, 0.3) is 0 Å². The van der Waals surface area contributed by atoms with Gasteiger partial charge in [-0.2, -0.15) is 0 Å². The number of nitrogens with one attached hydrogen (secondary N) is 1. The Morgan fingerprint density at radius 1 is 1.32 bits per heavy atom. The molecule has 0 aromatic carbocycles. The number of sulfonamides is 1. The average molecular weight is 318 g/mol. The highest BCUT2D eigenvalue weighted by Crippen LogP contribution is 2.63. The van der Waals surface area contributed by atoms with Gasteiger partial charge < -0.3 is 5.73 Å². The van der Waals surface area contributed by atoms with E-state index in [-0.39, 0.29) is 26.1 Å². The molecule has 2 rings (SSSR count). The maximum absolute atomic E-state index is 12.3. The van der Waals surface area contributed by atoms with Crippen molar-refractivity contribution in [1.29, 1.82) is 0 Å². The Morgan fingerprint density at radius 3 is 2.21 bits per heavy atom. The molecule has 0 unspecified atom stereocenters. The number of thiophene rings is 1. The lowest BCUT2D eigenvalue weighted by molar-refractivity contribution is 0.457. The van der Waals surface area contributed by atoms with E-state index in [1.54, 1.807) is 12.1 Å². The lowest BCUT2D eigenvalue weighted by Gasteiger charge is -2.06. The first-order chi connectivity index (χ1) is 8.50. The molecule has 0 amide bonds. The van der Waals surface area contributed by atoms with Gasteiger partial charge in [0, 0.05) is 6.04 Å². The molecule has 4 nitrogen and oxygen atoms in total. The van der Waals surface area contributed by atoms with Gasteiger partial charge in [-0.1, -0.05) is 39.9 Å². The van der Waals surface area contributed by atoms with Gasteiger partial charge in [0.25, 0.3) is 0 Å². The minimum atomic E-state index is -3.50. The van der Waals surface area contributed by atoms with Crippen LogP contribution >= 0.6 is 23.6 Å². The second-order valence-corrected chi connectivity index (χ2v) is 9.45. The minimum Gasteiger partial charge on any atom is -0.389 e. The van der Waals surface area contributed by atoms with Gasteiger partial charge in [0.2, 0.25) is 10.0 Å². The van der Waals surface area contributed by atoms with E-state index in [0.717, 1.165) is 11.3 Å². The molecule has 0 atom stereocenters. The zero-order chi connectivity index (χ0) is 14.6. The van der Waals surface area contributed by atoms with Gasteiger partial charge >= 0.3 is 0 Å². The third-order valence-electron chi connectivity index (χ3n) is 4.38. The largest absolute Gasteiger partial charge is 0.389 e. The smallest absolute Gasteiger partial charge is 0.250 e. The molecule has 1 fully saturated rings. The molecule has 0 saturated heterocycles. The van der Waals surface area contributed by atoms with E-state index in [1.807, 2.05) is 0 Å². The summed E-state index contributed by atoms with van der Waals surface area (Å²) in [5, 5.41) is 0. The van der Waals surface area contributed by atoms with Crippen LogP contribution in [0.15, 0.2) is 16.3 Å². The molecule has 0 aliphatic heterocycles. The minimum absolute atomic E-state index is 0.0384. The van der Waals surface area contributed by atoms with Gasteiger partial charge in [-0.15, -0.1) is 11.3 Å². The summed E-state index contributed by atoms with van der Waals surface area (Å²) in [6.07, 6.45) is 0.